The van der Waals surface area contributed by atoms with E-state index < -0.39 is 0 Å². The van der Waals surface area contributed by atoms with Crippen LogP contribution in [0.15, 0.2) is 6.20 Å². The molecule has 1 unspecified atom stereocenters. The van der Waals surface area contributed by atoms with Crippen molar-refractivity contribution in [1.29, 1.82) is 0 Å². The van der Waals surface area contributed by atoms with Crippen molar-refractivity contribution < 1.29 is 5.11 Å². The van der Waals surface area contributed by atoms with Gasteiger partial charge in [-0.05, 0) is 6.42 Å². The summed E-state index contributed by atoms with van der Waals surface area (Å²) in [6.45, 7) is 1.98. The summed E-state index contributed by atoms with van der Waals surface area (Å²) >= 11 is 5.83. The van der Waals surface area contributed by atoms with Gasteiger partial charge < -0.3 is 16.2 Å². The van der Waals surface area contributed by atoms with Crippen LogP contribution >= 0.6 is 11.6 Å². The Balaban J connectivity index is 2.79. The van der Waals surface area contributed by atoms with Crippen LogP contribution in [0.3, 0.4) is 0 Å². The Kier molecular flexibility index (Phi) is 3.91. The molecule has 1 rings (SSSR count). The molecule has 0 spiro atoms. The second kappa shape index (κ2) is 4.97. The van der Waals surface area contributed by atoms with Crippen molar-refractivity contribution in [3.8, 4) is 0 Å². The minimum absolute atomic E-state index is 0.0245. The molecule has 6 heteroatoms. The Bertz CT molecular complexity index is 303. The number of rotatable bonds is 4. The van der Waals surface area contributed by atoms with Crippen LogP contribution in [0.1, 0.15) is 13.3 Å². The highest BCUT2D eigenvalue weighted by molar-refractivity contribution is 6.32. The van der Waals surface area contributed by atoms with Crippen LogP contribution in [0.25, 0.3) is 0 Å². The van der Waals surface area contributed by atoms with Crippen molar-refractivity contribution in [2.45, 2.75) is 19.4 Å². The lowest BCUT2D eigenvalue weighted by Crippen LogP contribution is -2.23. The molecule has 0 bridgehead atoms. The van der Waals surface area contributed by atoms with Gasteiger partial charge in [0.25, 0.3) is 0 Å². The number of nitrogens with zero attached hydrogens (tertiary/aromatic N) is 2. The minimum Gasteiger partial charge on any atom is -0.394 e. The molecular formula is C8H13ClN4O. The molecule has 0 aromatic carbocycles. The first kappa shape index (κ1) is 11.0. The molecule has 1 aromatic heterocycles. The molecule has 1 heterocycles. The molecule has 0 fully saturated rings. The first-order chi connectivity index (χ1) is 6.67. The van der Waals surface area contributed by atoms with Gasteiger partial charge in [0.2, 0.25) is 5.95 Å². The zero-order valence-corrected chi connectivity index (χ0v) is 8.62. The van der Waals surface area contributed by atoms with Gasteiger partial charge in [-0.15, -0.1) is 0 Å². The number of nitrogens with two attached hydrogens (primary N) is 1. The number of halogens is 1. The number of hydrogen-bond donors (Lipinski definition) is 3. The lowest BCUT2D eigenvalue weighted by molar-refractivity contribution is 0.271. The highest BCUT2D eigenvalue weighted by Gasteiger charge is 2.08. The average Bonchev–Trinajstić information content (AvgIpc) is 2.19. The lowest BCUT2D eigenvalue weighted by atomic mass is 10.2. The number of anilines is 2. The van der Waals surface area contributed by atoms with Crippen molar-refractivity contribution in [2.75, 3.05) is 17.7 Å². The van der Waals surface area contributed by atoms with Crippen LogP contribution in [0.2, 0.25) is 5.02 Å². The van der Waals surface area contributed by atoms with E-state index in [1.54, 1.807) is 0 Å². The Labute approximate surface area is 87.3 Å². The normalized spacial score (nSPS) is 12.5. The molecular weight excluding hydrogens is 204 g/mol. The SMILES string of the molecule is CCC(CO)Nc1nc(N)ncc1Cl. The number of nitrogens with one attached hydrogen (secondary N) is 1. The van der Waals surface area contributed by atoms with E-state index in [-0.39, 0.29) is 18.6 Å². The van der Waals surface area contributed by atoms with E-state index in [4.69, 9.17) is 22.4 Å². The van der Waals surface area contributed by atoms with E-state index in [1.807, 2.05) is 6.92 Å². The van der Waals surface area contributed by atoms with Crippen LogP contribution in [0.5, 0.6) is 0 Å². The zero-order valence-electron chi connectivity index (χ0n) is 7.87. The predicted molar refractivity (Wildman–Crippen MR) is 56.2 cm³/mol. The number of nitrogen functional groups attached to an aromatic ring is 1. The molecule has 0 saturated heterocycles. The fourth-order valence-corrected chi connectivity index (χ4v) is 1.10. The molecule has 0 saturated carbocycles. The summed E-state index contributed by atoms with van der Waals surface area (Å²) in [6, 6.07) is -0.0678. The molecule has 1 aromatic rings. The molecule has 0 aliphatic heterocycles. The Morgan fingerprint density at radius 1 is 1.71 bits per heavy atom. The van der Waals surface area contributed by atoms with E-state index >= 15 is 0 Å². The van der Waals surface area contributed by atoms with Gasteiger partial charge in [-0.2, -0.15) is 4.98 Å². The maximum Gasteiger partial charge on any atom is 0.222 e. The van der Waals surface area contributed by atoms with E-state index in [0.29, 0.717) is 10.8 Å². The molecule has 4 N–H and O–H groups in total. The van der Waals surface area contributed by atoms with Crippen LogP contribution in [0, 0.1) is 0 Å². The Morgan fingerprint density at radius 2 is 2.43 bits per heavy atom. The summed E-state index contributed by atoms with van der Waals surface area (Å²) in [5.41, 5.74) is 5.40. The summed E-state index contributed by atoms with van der Waals surface area (Å²) in [4.78, 5) is 7.65. The Morgan fingerprint density at radius 3 is 3.00 bits per heavy atom. The maximum atomic E-state index is 8.97. The minimum atomic E-state index is -0.0678. The fourth-order valence-electron chi connectivity index (χ4n) is 0.952. The molecule has 0 aliphatic carbocycles. The maximum absolute atomic E-state index is 8.97. The highest BCUT2D eigenvalue weighted by Crippen LogP contribution is 2.19. The molecule has 1 atom stereocenters. The van der Waals surface area contributed by atoms with Gasteiger partial charge in [-0.1, -0.05) is 18.5 Å². The van der Waals surface area contributed by atoms with Crippen LogP contribution in [-0.2, 0) is 0 Å². The third-order valence-corrected chi connectivity index (χ3v) is 2.09. The molecule has 0 amide bonds. The van der Waals surface area contributed by atoms with Crippen LogP contribution in [0.4, 0.5) is 11.8 Å². The topological polar surface area (TPSA) is 84.1 Å². The Hall–Kier alpha value is -1.07. The molecule has 0 radical (unpaired) electrons. The summed E-state index contributed by atoms with van der Waals surface area (Å²) in [7, 11) is 0. The standard InChI is InChI=1S/C8H13ClN4O/c1-2-5(4-14)12-7-6(9)3-11-8(10)13-7/h3,5,14H,2,4H2,1H3,(H3,10,11,12,13). The first-order valence-corrected chi connectivity index (χ1v) is 4.70. The van der Waals surface area contributed by atoms with Gasteiger partial charge in [0.1, 0.15) is 5.02 Å². The lowest BCUT2D eigenvalue weighted by Gasteiger charge is -2.15. The van der Waals surface area contributed by atoms with Crippen LogP contribution < -0.4 is 11.1 Å². The summed E-state index contributed by atoms with van der Waals surface area (Å²) < 4.78 is 0. The average molecular weight is 217 g/mol. The van der Waals surface area contributed by atoms with Gasteiger partial charge in [0, 0.05) is 0 Å². The fraction of sp³-hybridized carbons (Fsp3) is 0.500. The van der Waals surface area contributed by atoms with Gasteiger partial charge in [0.15, 0.2) is 5.82 Å². The number of aliphatic hydroxyl groups is 1. The third-order valence-electron chi connectivity index (χ3n) is 1.82. The van der Waals surface area contributed by atoms with Crippen molar-refractivity contribution in [3.05, 3.63) is 11.2 Å². The van der Waals surface area contributed by atoms with E-state index in [0.717, 1.165) is 6.42 Å². The largest absolute Gasteiger partial charge is 0.394 e. The molecule has 5 nitrogen and oxygen atoms in total. The van der Waals surface area contributed by atoms with Gasteiger partial charge in [-0.3, -0.25) is 0 Å². The summed E-state index contributed by atoms with van der Waals surface area (Å²) in [6.07, 6.45) is 2.20. The van der Waals surface area contributed by atoms with E-state index in [2.05, 4.69) is 15.3 Å². The number of aliphatic hydroxyl groups excluding tert-OH is 1. The number of aromatic nitrogens is 2. The molecule has 14 heavy (non-hydrogen) atoms. The van der Waals surface area contributed by atoms with Crippen LogP contribution in [-0.4, -0.2) is 27.7 Å². The van der Waals surface area contributed by atoms with Crippen molar-refractivity contribution in [1.82, 2.24) is 9.97 Å². The summed E-state index contributed by atoms with van der Waals surface area (Å²) in [5, 5.41) is 12.3. The van der Waals surface area contributed by atoms with Crippen molar-refractivity contribution in [3.63, 3.8) is 0 Å². The van der Waals surface area contributed by atoms with Gasteiger partial charge >= 0.3 is 0 Å². The quantitative estimate of drug-likeness (QED) is 0.696. The van der Waals surface area contributed by atoms with Gasteiger partial charge in [0.05, 0.1) is 18.8 Å². The molecule has 78 valence electrons. The van der Waals surface area contributed by atoms with Crippen molar-refractivity contribution in [2.24, 2.45) is 0 Å². The monoisotopic (exact) mass is 216 g/mol. The zero-order chi connectivity index (χ0) is 10.6. The molecule has 0 aliphatic rings. The van der Waals surface area contributed by atoms with Gasteiger partial charge in [-0.25, -0.2) is 4.98 Å². The van der Waals surface area contributed by atoms with E-state index in [9.17, 15) is 0 Å². The first-order valence-electron chi connectivity index (χ1n) is 4.32. The smallest absolute Gasteiger partial charge is 0.222 e. The second-order valence-electron chi connectivity index (χ2n) is 2.86. The predicted octanol–water partition coefficient (Wildman–Crippen LogP) is 0.895. The second-order valence-corrected chi connectivity index (χ2v) is 3.26. The summed E-state index contributed by atoms with van der Waals surface area (Å²) in [5.74, 6) is 0.616. The highest BCUT2D eigenvalue weighted by atomic mass is 35.5. The van der Waals surface area contributed by atoms with Crippen molar-refractivity contribution >= 4 is 23.4 Å². The van der Waals surface area contributed by atoms with E-state index in [1.165, 1.54) is 6.20 Å². The number of hydrogen-bond acceptors (Lipinski definition) is 5. The third kappa shape index (κ3) is 2.71.